The zero-order chi connectivity index (χ0) is 18.7. The second kappa shape index (κ2) is 7.42. The first-order valence-electron chi connectivity index (χ1n) is 8.23. The fraction of sp³-hybridized carbons (Fsp3) is 0.438. The van der Waals surface area contributed by atoms with E-state index in [1.165, 1.54) is 18.3 Å². The van der Waals surface area contributed by atoms with Crippen LogP contribution in [0.3, 0.4) is 0 Å². The van der Waals surface area contributed by atoms with Gasteiger partial charge in [-0.1, -0.05) is 6.07 Å². The van der Waals surface area contributed by atoms with Gasteiger partial charge >= 0.3 is 0 Å². The average Bonchev–Trinajstić information content (AvgIpc) is 3.02. The first-order chi connectivity index (χ1) is 12.3. The summed E-state index contributed by atoms with van der Waals surface area (Å²) in [6.45, 7) is 3.75. The molecule has 0 saturated carbocycles. The van der Waals surface area contributed by atoms with E-state index in [1.54, 1.807) is 17.8 Å². The van der Waals surface area contributed by atoms with E-state index >= 15 is 0 Å². The standard InChI is InChI=1S/C16H20N4O5S/c1-12-2-3-15(20(21)22)8-16(12)26(23,24)18-14-9-17-19(11-14)10-13-4-6-25-7-5-13/h2-3,8-9,11,13,18H,4-7,10H2,1H3. The number of nitrogens with zero attached hydrogens (tertiary/aromatic N) is 3. The van der Waals surface area contributed by atoms with Gasteiger partial charge in [-0.25, -0.2) is 8.42 Å². The number of nitro benzene ring substituents is 1. The fourth-order valence-corrected chi connectivity index (χ4v) is 4.21. The molecule has 1 aliphatic heterocycles. The van der Waals surface area contributed by atoms with E-state index in [0.29, 0.717) is 23.7 Å². The highest BCUT2D eigenvalue weighted by molar-refractivity contribution is 7.92. The molecule has 1 aromatic carbocycles. The minimum atomic E-state index is -3.95. The highest BCUT2D eigenvalue weighted by atomic mass is 32.2. The van der Waals surface area contributed by atoms with E-state index in [9.17, 15) is 18.5 Å². The molecule has 0 unspecified atom stereocenters. The van der Waals surface area contributed by atoms with Crippen LogP contribution in [0.2, 0.25) is 0 Å². The number of benzene rings is 1. The number of hydrogen-bond acceptors (Lipinski definition) is 6. The summed E-state index contributed by atoms with van der Waals surface area (Å²) in [5.74, 6) is 0.451. The molecular formula is C16H20N4O5S. The van der Waals surface area contributed by atoms with Crippen LogP contribution in [0.1, 0.15) is 18.4 Å². The molecule has 0 atom stereocenters. The number of rotatable bonds is 6. The zero-order valence-corrected chi connectivity index (χ0v) is 15.1. The third-order valence-electron chi connectivity index (χ3n) is 4.34. The van der Waals surface area contributed by atoms with Crippen molar-refractivity contribution in [2.75, 3.05) is 17.9 Å². The van der Waals surface area contributed by atoms with Crippen molar-refractivity contribution in [3.8, 4) is 0 Å². The van der Waals surface area contributed by atoms with Gasteiger partial charge in [0.15, 0.2) is 0 Å². The fourth-order valence-electron chi connectivity index (χ4n) is 2.91. The summed E-state index contributed by atoms with van der Waals surface area (Å²) in [6.07, 6.45) is 4.96. The van der Waals surface area contributed by atoms with E-state index in [1.807, 2.05) is 0 Å². The lowest BCUT2D eigenvalue weighted by Gasteiger charge is -2.21. The lowest BCUT2D eigenvalue weighted by atomic mass is 10.0. The van der Waals surface area contributed by atoms with Crippen LogP contribution in [-0.2, 0) is 21.3 Å². The largest absolute Gasteiger partial charge is 0.381 e. The van der Waals surface area contributed by atoms with Crippen molar-refractivity contribution in [3.05, 3.63) is 46.3 Å². The Morgan fingerprint density at radius 3 is 2.81 bits per heavy atom. The molecule has 1 fully saturated rings. The number of aromatic nitrogens is 2. The van der Waals surface area contributed by atoms with Crippen LogP contribution >= 0.6 is 0 Å². The number of nitrogens with one attached hydrogen (secondary N) is 1. The monoisotopic (exact) mass is 380 g/mol. The van der Waals surface area contributed by atoms with Crippen LogP contribution in [0.15, 0.2) is 35.5 Å². The molecule has 2 aromatic rings. The van der Waals surface area contributed by atoms with E-state index in [2.05, 4.69) is 9.82 Å². The molecule has 0 aliphatic carbocycles. The number of hydrogen-bond donors (Lipinski definition) is 1. The molecule has 1 aromatic heterocycles. The molecule has 1 saturated heterocycles. The lowest BCUT2D eigenvalue weighted by Crippen LogP contribution is -2.20. The van der Waals surface area contributed by atoms with E-state index in [-0.39, 0.29) is 10.6 Å². The van der Waals surface area contributed by atoms with Crippen LogP contribution in [0, 0.1) is 23.0 Å². The van der Waals surface area contributed by atoms with Gasteiger partial charge in [-0.3, -0.25) is 19.5 Å². The number of sulfonamides is 1. The smallest absolute Gasteiger partial charge is 0.270 e. The summed E-state index contributed by atoms with van der Waals surface area (Å²) < 4.78 is 34.7. The molecule has 10 heteroatoms. The Balaban J connectivity index is 1.75. The van der Waals surface area contributed by atoms with Crippen molar-refractivity contribution in [1.29, 1.82) is 0 Å². The molecule has 0 bridgehead atoms. The maximum Gasteiger partial charge on any atom is 0.270 e. The van der Waals surface area contributed by atoms with Gasteiger partial charge in [0.25, 0.3) is 15.7 Å². The second-order valence-electron chi connectivity index (χ2n) is 6.32. The minimum absolute atomic E-state index is 0.121. The summed E-state index contributed by atoms with van der Waals surface area (Å²) >= 11 is 0. The summed E-state index contributed by atoms with van der Waals surface area (Å²) in [4.78, 5) is 10.2. The highest BCUT2D eigenvalue weighted by Crippen LogP contribution is 2.24. The maximum atomic E-state index is 12.6. The van der Waals surface area contributed by atoms with Crippen LogP contribution in [-0.4, -0.2) is 36.3 Å². The molecule has 140 valence electrons. The molecule has 26 heavy (non-hydrogen) atoms. The summed E-state index contributed by atoms with van der Waals surface area (Å²) in [6, 6.07) is 3.76. The van der Waals surface area contributed by atoms with Crippen LogP contribution < -0.4 is 4.72 Å². The Morgan fingerprint density at radius 2 is 2.12 bits per heavy atom. The summed E-state index contributed by atoms with van der Waals surface area (Å²) in [5.41, 5.74) is 0.479. The number of nitro groups is 1. The van der Waals surface area contributed by atoms with Gasteiger partial charge in [0.2, 0.25) is 0 Å². The Kier molecular flexibility index (Phi) is 5.23. The molecule has 0 spiro atoms. The van der Waals surface area contributed by atoms with Gasteiger partial charge in [0.1, 0.15) is 0 Å². The van der Waals surface area contributed by atoms with Crippen molar-refractivity contribution >= 4 is 21.4 Å². The van der Waals surface area contributed by atoms with Gasteiger partial charge in [-0.2, -0.15) is 5.10 Å². The van der Waals surface area contributed by atoms with Gasteiger partial charge in [-0.05, 0) is 31.2 Å². The van der Waals surface area contributed by atoms with E-state index < -0.39 is 14.9 Å². The highest BCUT2D eigenvalue weighted by Gasteiger charge is 2.22. The Labute approximate surface area is 151 Å². The normalized spacial score (nSPS) is 15.7. The van der Waals surface area contributed by atoms with Crippen molar-refractivity contribution in [2.24, 2.45) is 5.92 Å². The van der Waals surface area contributed by atoms with Crippen molar-refractivity contribution in [2.45, 2.75) is 31.2 Å². The minimum Gasteiger partial charge on any atom is -0.381 e. The van der Waals surface area contributed by atoms with E-state index in [0.717, 1.165) is 32.1 Å². The molecule has 9 nitrogen and oxygen atoms in total. The van der Waals surface area contributed by atoms with Crippen molar-refractivity contribution in [3.63, 3.8) is 0 Å². The number of anilines is 1. The topological polar surface area (TPSA) is 116 Å². The molecule has 0 amide bonds. The van der Waals surface area contributed by atoms with Crippen molar-refractivity contribution in [1.82, 2.24) is 9.78 Å². The SMILES string of the molecule is Cc1ccc([N+](=O)[O-])cc1S(=O)(=O)Nc1cnn(CC2CCOCC2)c1. The van der Waals surface area contributed by atoms with Gasteiger partial charge in [0, 0.05) is 38.1 Å². The Hall–Kier alpha value is -2.46. The average molecular weight is 380 g/mol. The predicted octanol–water partition coefficient (Wildman–Crippen LogP) is 2.33. The zero-order valence-electron chi connectivity index (χ0n) is 14.3. The first kappa shape index (κ1) is 18.3. The van der Waals surface area contributed by atoms with E-state index in [4.69, 9.17) is 4.74 Å². The number of non-ortho nitro benzene ring substituents is 1. The lowest BCUT2D eigenvalue weighted by molar-refractivity contribution is -0.385. The molecule has 3 rings (SSSR count). The quantitative estimate of drug-likeness (QED) is 0.607. The molecule has 2 heterocycles. The third kappa shape index (κ3) is 4.20. The summed E-state index contributed by atoms with van der Waals surface area (Å²) in [7, 11) is -3.95. The Bertz CT molecular complexity index is 903. The number of aryl methyl sites for hydroxylation is 1. The third-order valence-corrected chi connectivity index (χ3v) is 5.87. The van der Waals surface area contributed by atoms with Crippen LogP contribution in [0.4, 0.5) is 11.4 Å². The number of ether oxygens (including phenoxy) is 1. The predicted molar refractivity (Wildman–Crippen MR) is 94.4 cm³/mol. The van der Waals surface area contributed by atoms with Crippen LogP contribution in [0.5, 0.6) is 0 Å². The van der Waals surface area contributed by atoms with Crippen LogP contribution in [0.25, 0.3) is 0 Å². The Morgan fingerprint density at radius 1 is 1.38 bits per heavy atom. The van der Waals surface area contributed by atoms with Gasteiger partial charge in [0.05, 0.1) is 21.7 Å². The summed E-state index contributed by atoms with van der Waals surface area (Å²) in [5, 5.41) is 15.1. The molecular weight excluding hydrogens is 360 g/mol. The maximum absolute atomic E-state index is 12.6. The van der Waals surface area contributed by atoms with Gasteiger partial charge < -0.3 is 4.74 Å². The molecule has 0 radical (unpaired) electrons. The first-order valence-corrected chi connectivity index (χ1v) is 9.71. The van der Waals surface area contributed by atoms with Crippen molar-refractivity contribution < 1.29 is 18.1 Å². The molecule has 1 aliphatic rings. The molecule has 1 N–H and O–H groups in total. The van der Waals surface area contributed by atoms with Gasteiger partial charge in [-0.15, -0.1) is 0 Å². The second-order valence-corrected chi connectivity index (χ2v) is 7.97.